The number of allylic oxidation sites excluding steroid dienone is 4. The third-order valence-corrected chi connectivity index (χ3v) is 5.34. The Balaban J connectivity index is 0.000000836. The second-order valence-corrected chi connectivity index (χ2v) is 9.37. The first-order valence-electron chi connectivity index (χ1n) is 12.4. The van der Waals surface area contributed by atoms with Gasteiger partial charge in [0, 0.05) is 18.4 Å². The van der Waals surface area contributed by atoms with Crippen LogP contribution < -0.4 is 5.73 Å². The zero-order valence-electron chi connectivity index (χ0n) is 23.3. The van der Waals surface area contributed by atoms with Crippen molar-refractivity contribution >= 4 is 11.3 Å². The number of hydrogen-bond donors (Lipinski definition) is 2. The summed E-state index contributed by atoms with van der Waals surface area (Å²) in [4.78, 5) is 0. The molecule has 0 saturated heterocycles. The second-order valence-electron chi connectivity index (χ2n) is 9.37. The molecule has 0 saturated carbocycles. The highest BCUT2D eigenvalue weighted by atomic mass is 16.5. The van der Waals surface area contributed by atoms with Gasteiger partial charge in [-0.05, 0) is 101 Å². The molecule has 0 fully saturated rings. The monoisotopic (exact) mass is 467 g/mol. The van der Waals surface area contributed by atoms with Crippen LogP contribution in [0.4, 0.5) is 5.69 Å². The van der Waals surface area contributed by atoms with Crippen molar-refractivity contribution < 1.29 is 9.84 Å². The molecule has 0 aliphatic rings. The van der Waals surface area contributed by atoms with Gasteiger partial charge in [0.1, 0.15) is 0 Å². The molecule has 3 heteroatoms. The summed E-state index contributed by atoms with van der Waals surface area (Å²) in [5, 5.41) is 7.00. The van der Waals surface area contributed by atoms with Crippen LogP contribution in [-0.2, 0) is 11.2 Å². The van der Waals surface area contributed by atoms with E-state index in [-0.39, 0.29) is 0 Å². The zero-order chi connectivity index (χ0) is 26.3. The number of aliphatic hydroxyl groups is 1. The predicted molar refractivity (Wildman–Crippen MR) is 151 cm³/mol. The van der Waals surface area contributed by atoms with Gasteiger partial charge in [-0.3, -0.25) is 0 Å². The van der Waals surface area contributed by atoms with E-state index in [2.05, 4.69) is 78.0 Å². The first-order chi connectivity index (χ1) is 16.0. The normalized spacial score (nSPS) is 11.6. The van der Waals surface area contributed by atoms with E-state index >= 15 is 0 Å². The fraction of sp³-hybridized carbons (Fsp3) is 0.484. The molecular formula is C31H49NO2. The van der Waals surface area contributed by atoms with Gasteiger partial charge in [0.2, 0.25) is 0 Å². The van der Waals surface area contributed by atoms with E-state index in [0.29, 0.717) is 12.0 Å². The van der Waals surface area contributed by atoms with Crippen molar-refractivity contribution in [2.75, 3.05) is 12.8 Å². The Morgan fingerprint density at radius 1 is 1.00 bits per heavy atom. The molecule has 0 aliphatic carbocycles. The summed E-state index contributed by atoms with van der Waals surface area (Å²) in [6, 6.07) is 12.8. The molecule has 0 amide bonds. The lowest BCUT2D eigenvalue weighted by atomic mass is 9.92. The molecule has 0 unspecified atom stereocenters. The van der Waals surface area contributed by atoms with Crippen LogP contribution in [0.25, 0.3) is 5.57 Å². The number of hydrogen-bond acceptors (Lipinski definition) is 3. The lowest BCUT2D eigenvalue weighted by Crippen LogP contribution is -1.99. The van der Waals surface area contributed by atoms with Gasteiger partial charge in [0.05, 0.1) is 11.9 Å². The Kier molecular flexibility index (Phi) is 15.7. The Morgan fingerprint density at radius 3 is 2.15 bits per heavy atom. The number of nitrogens with two attached hydrogens (primary N) is 1. The predicted octanol–water partition coefficient (Wildman–Crippen LogP) is 8.20. The number of para-hydroxylation sites is 1. The molecule has 190 valence electrons. The van der Waals surface area contributed by atoms with Crippen molar-refractivity contribution in [2.24, 2.45) is 5.92 Å². The average molecular weight is 468 g/mol. The zero-order valence-corrected chi connectivity index (χ0v) is 23.3. The molecule has 2 aromatic rings. The summed E-state index contributed by atoms with van der Waals surface area (Å²) >= 11 is 0. The van der Waals surface area contributed by atoms with E-state index in [0.717, 1.165) is 37.8 Å². The second kappa shape index (κ2) is 17.0. The summed E-state index contributed by atoms with van der Waals surface area (Å²) < 4.78 is 5.35. The first kappa shape index (κ1) is 31.5. The van der Waals surface area contributed by atoms with Crippen LogP contribution in [0.15, 0.2) is 54.3 Å². The lowest BCUT2D eigenvalue weighted by molar-refractivity contribution is 0.148. The van der Waals surface area contributed by atoms with E-state index in [9.17, 15) is 0 Å². The van der Waals surface area contributed by atoms with Crippen molar-refractivity contribution in [2.45, 2.75) is 87.7 Å². The third-order valence-electron chi connectivity index (χ3n) is 5.34. The summed E-state index contributed by atoms with van der Waals surface area (Å²) in [6.07, 6.45) is 7.83. The van der Waals surface area contributed by atoms with Gasteiger partial charge in [0.15, 0.2) is 0 Å². The lowest BCUT2D eigenvalue weighted by Gasteiger charge is -2.14. The fourth-order valence-corrected chi connectivity index (χ4v) is 3.81. The van der Waals surface area contributed by atoms with Gasteiger partial charge in [-0.25, -0.2) is 0 Å². The Labute approximate surface area is 209 Å². The fourth-order valence-electron chi connectivity index (χ4n) is 3.81. The quantitative estimate of drug-likeness (QED) is 0.304. The van der Waals surface area contributed by atoms with Gasteiger partial charge in [-0.2, -0.15) is 0 Å². The number of aliphatic hydroxyl groups excluding tert-OH is 1. The Hall–Kier alpha value is -2.52. The first-order valence-corrected chi connectivity index (χ1v) is 12.4. The Morgan fingerprint density at radius 2 is 1.62 bits per heavy atom. The van der Waals surface area contributed by atoms with Crippen LogP contribution in [0.2, 0.25) is 0 Å². The molecule has 0 radical (unpaired) electrons. The number of anilines is 1. The van der Waals surface area contributed by atoms with Gasteiger partial charge >= 0.3 is 0 Å². The molecule has 2 rings (SSSR count). The summed E-state index contributed by atoms with van der Waals surface area (Å²) in [6.45, 7) is 19.3. The van der Waals surface area contributed by atoms with Crippen molar-refractivity contribution in [1.29, 1.82) is 0 Å². The SMILES string of the molecule is CC/C=C(/C)OC(C)C.CO.Cc1cc(C)c(C)c(C/C=C(/CC(C)C)c2ccccc2N)c1. The standard InChI is InChI=1S/C22H29N.C8H16O.CH4O/c1-15(2)12-20(21-8-6-7-9-22(21)23)11-10-19-14-16(3)13-17(4)18(19)5;1-5-6-8(4)9-7(2)3;1-2/h6-9,11,13-15H,10,12,23H2,1-5H3;6-7H,5H2,1-4H3;2H,1H3/b20-11-;8-6-;. The van der Waals surface area contributed by atoms with Gasteiger partial charge < -0.3 is 15.6 Å². The highest BCUT2D eigenvalue weighted by Gasteiger charge is 2.09. The maximum atomic E-state index is 7.00. The van der Waals surface area contributed by atoms with Crippen LogP contribution in [-0.4, -0.2) is 18.3 Å². The van der Waals surface area contributed by atoms with Gasteiger partial charge in [-0.15, -0.1) is 0 Å². The largest absolute Gasteiger partial charge is 0.496 e. The summed E-state index contributed by atoms with van der Waals surface area (Å²) in [5.74, 6) is 1.65. The molecular weight excluding hydrogens is 418 g/mol. The van der Waals surface area contributed by atoms with Crippen LogP contribution >= 0.6 is 0 Å². The third kappa shape index (κ3) is 12.1. The van der Waals surface area contributed by atoms with Crippen molar-refractivity contribution in [3.8, 4) is 0 Å². The maximum Gasteiger partial charge on any atom is 0.0926 e. The molecule has 3 nitrogen and oxygen atoms in total. The van der Waals surface area contributed by atoms with Crippen molar-refractivity contribution in [1.82, 2.24) is 0 Å². The van der Waals surface area contributed by atoms with Gasteiger partial charge in [-0.1, -0.05) is 62.7 Å². The molecule has 3 N–H and O–H groups in total. The number of benzene rings is 2. The molecule has 0 heterocycles. The molecule has 0 spiro atoms. The average Bonchev–Trinajstić information content (AvgIpc) is 2.76. The highest BCUT2D eigenvalue weighted by molar-refractivity contribution is 5.75. The highest BCUT2D eigenvalue weighted by Crippen LogP contribution is 2.28. The number of nitrogen functional groups attached to an aromatic ring is 1. The summed E-state index contributed by atoms with van der Waals surface area (Å²) in [7, 11) is 1.00. The molecule has 34 heavy (non-hydrogen) atoms. The topological polar surface area (TPSA) is 55.5 Å². The molecule has 0 aliphatic heterocycles. The molecule has 0 atom stereocenters. The minimum absolute atomic E-state index is 0.313. The molecule has 0 bridgehead atoms. The minimum Gasteiger partial charge on any atom is -0.496 e. The minimum atomic E-state index is 0.313. The summed E-state index contributed by atoms with van der Waals surface area (Å²) in [5.41, 5.74) is 15.1. The van der Waals surface area contributed by atoms with Crippen molar-refractivity contribution in [3.05, 3.63) is 82.1 Å². The maximum absolute atomic E-state index is 7.00. The van der Waals surface area contributed by atoms with E-state index < -0.39 is 0 Å². The number of ether oxygens (including phenoxy) is 1. The van der Waals surface area contributed by atoms with E-state index in [1.807, 2.05) is 32.9 Å². The van der Waals surface area contributed by atoms with Crippen LogP contribution in [0, 0.1) is 26.7 Å². The van der Waals surface area contributed by atoms with Crippen LogP contribution in [0.1, 0.15) is 82.2 Å². The van der Waals surface area contributed by atoms with E-state index in [1.54, 1.807) is 0 Å². The molecule has 0 aromatic heterocycles. The van der Waals surface area contributed by atoms with Crippen molar-refractivity contribution in [3.63, 3.8) is 0 Å². The van der Waals surface area contributed by atoms with E-state index in [1.165, 1.54) is 33.4 Å². The van der Waals surface area contributed by atoms with E-state index in [4.69, 9.17) is 15.6 Å². The molecule has 2 aromatic carbocycles. The van der Waals surface area contributed by atoms with Gasteiger partial charge in [0.25, 0.3) is 0 Å². The van der Waals surface area contributed by atoms with Crippen LogP contribution in [0.3, 0.4) is 0 Å². The number of rotatable bonds is 8. The Bertz CT molecular complexity index is 908. The number of aryl methyl sites for hydroxylation is 2. The smallest absolute Gasteiger partial charge is 0.0926 e. The van der Waals surface area contributed by atoms with Crippen LogP contribution in [0.5, 0.6) is 0 Å².